The Kier molecular flexibility index (Phi) is 5.10. The summed E-state index contributed by atoms with van der Waals surface area (Å²) in [5.74, 6) is 1.20. The minimum Gasteiger partial charge on any atom is -0.512 e. The second-order valence-electron chi connectivity index (χ2n) is 7.68. The van der Waals surface area contributed by atoms with Gasteiger partial charge in [0.25, 0.3) is 0 Å². The monoisotopic (exact) mass is 306 g/mol. The number of ether oxygens (including phenoxy) is 1. The van der Waals surface area contributed by atoms with Crippen molar-refractivity contribution in [2.45, 2.75) is 89.1 Å². The molecule has 124 valence electrons. The van der Waals surface area contributed by atoms with Crippen LogP contribution in [0.3, 0.4) is 0 Å². The lowest BCUT2D eigenvalue weighted by Crippen LogP contribution is -2.44. The van der Waals surface area contributed by atoms with E-state index in [1.165, 1.54) is 57.4 Å². The number of rotatable bonds is 5. The summed E-state index contributed by atoms with van der Waals surface area (Å²) < 4.78 is 5.84. The first-order chi connectivity index (χ1) is 10.7. The molecule has 2 aliphatic carbocycles. The average molecular weight is 306 g/mol. The van der Waals surface area contributed by atoms with Gasteiger partial charge in [0.15, 0.2) is 0 Å². The molecule has 0 saturated heterocycles. The number of hydrogen-bond acceptors (Lipinski definition) is 3. The highest BCUT2D eigenvalue weighted by atomic mass is 16.6. The van der Waals surface area contributed by atoms with E-state index in [1.54, 1.807) is 0 Å². The van der Waals surface area contributed by atoms with E-state index in [9.17, 15) is 9.90 Å². The number of carbonyl (C=O) groups is 1. The van der Waals surface area contributed by atoms with E-state index >= 15 is 0 Å². The molecule has 3 rings (SSSR count). The summed E-state index contributed by atoms with van der Waals surface area (Å²) in [6.07, 6.45) is 16.8. The van der Waals surface area contributed by atoms with Gasteiger partial charge in [0.1, 0.15) is 11.4 Å². The maximum Gasteiger partial charge on any atom is 0.334 e. The zero-order chi connectivity index (χ0) is 15.4. The Balaban J connectivity index is 1.61. The molecule has 0 aromatic carbocycles. The molecule has 0 aromatic rings. The highest BCUT2D eigenvalue weighted by Gasteiger charge is 2.45. The molecular weight excluding hydrogens is 276 g/mol. The number of esters is 1. The van der Waals surface area contributed by atoms with Crippen molar-refractivity contribution in [3.05, 3.63) is 11.8 Å². The standard InChI is InChI=1S/C19H30O3/c20-17-13-18(21)22-19(14-17,16-10-4-5-11-16)12-6-9-15-7-2-1-3-8-15/h13,15-16,20H,1-12,14H2. The van der Waals surface area contributed by atoms with Gasteiger partial charge in [0, 0.05) is 6.42 Å². The van der Waals surface area contributed by atoms with Crippen LogP contribution in [-0.4, -0.2) is 16.7 Å². The smallest absolute Gasteiger partial charge is 0.334 e. The summed E-state index contributed by atoms with van der Waals surface area (Å²) >= 11 is 0. The van der Waals surface area contributed by atoms with Gasteiger partial charge >= 0.3 is 5.97 Å². The summed E-state index contributed by atoms with van der Waals surface area (Å²) in [6.45, 7) is 0. The molecule has 3 heteroatoms. The van der Waals surface area contributed by atoms with Gasteiger partial charge in [-0.15, -0.1) is 0 Å². The molecule has 0 aromatic heterocycles. The predicted octanol–water partition coefficient (Wildman–Crippen LogP) is 5.05. The summed E-state index contributed by atoms with van der Waals surface area (Å²) in [4.78, 5) is 11.9. The van der Waals surface area contributed by atoms with Crippen LogP contribution in [0.25, 0.3) is 0 Å². The second-order valence-corrected chi connectivity index (χ2v) is 7.68. The second kappa shape index (κ2) is 7.06. The molecule has 1 N–H and O–H groups in total. The first-order valence-corrected chi connectivity index (χ1v) is 9.30. The topological polar surface area (TPSA) is 46.5 Å². The summed E-state index contributed by atoms with van der Waals surface area (Å²) in [5, 5.41) is 9.98. The molecule has 1 aliphatic heterocycles. The lowest BCUT2D eigenvalue weighted by Gasteiger charge is -2.40. The molecule has 0 radical (unpaired) electrons. The van der Waals surface area contributed by atoms with E-state index < -0.39 is 5.60 Å². The van der Waals surface area contributed by atoms with Gasteiger partial charge in [0.2, 0.25) is 0 Å². The van der Waals surface area contributed by atoms with Crippen molar-refractivity contribution in [2.24, 2.45) is 11.8 Å². The Labute approximate surface area is 134 Å². The van der Waals surface area contributed by atoms with E-state index in [-0.39, 0.29) is 11.7 Å². The third-order valence-corrected chi connectivity index (χ3v) is 6.10. The van der Waals surface area contributed by atoms with E-state index in [4.69, 9.17) is 4.74 Å². The summed E-state index contributed by atoms with van der Waals surface area (Å²) in [5.41, 5.74) is -0.416. The van der Waals surface area contributed by atoms with Crippen molar-refractivity contribution < 1.29 is 14.6 Å². The van der Waals surface area contributed by atoms with Crippen molar-refractivity contribution in [1.82, 2.24) is 0 Å². The Morgan fingerprint density at radius 3 is 2.45 bits per heavy atom. The zero-order valence-corrected chi connectivity index (χ0v) is 13.7. The van der Waals surface area contributed by atoms with E-state index in [0.29, 0.717) is 12.3 Å². The fourth-order valence-electron chi connectivity index (χ4n) is 4.95. The first kappa shape index (κ1) is 15.9. The SMILES string of the molecule is O=C1C=C(O)CC(CCCC2CCCCC2)(C2CCCC2)O1. The lowest BCUT2D eigenvalue weighted by molar-refractivity contribution is -0.165. The van der Waals surface area contributed by atoms with Crippen LogP contribution in [-0.2, 0) is 9.53 Å². The van der Waals surface area contributed by atoms with Crippen LogP contribution < -0.4 is 0 Å². The molecule has 2 fully saturated rings. The Morgan fingerprint density at radius 1 is 1.09 bits per heavy atom. The van der Waals surface area contributed by atoms with Gasteiger partial charge in [-0.2, -0.15) is 0 Å². The third kappa shape index (κ3) is 3.67. The lowest BCUT2D eigenvalue weighted by atomic mass is 9.76. The fourth-order valence-corrected chi connectivity index (χ4v) is 4.95. The molecule has 3 aliphatic rings. The average Bonchev–Trinajstić information content (AvgIpc) is 3.02. The molecule has 2 saturated carbocycles. The molecule has 0 amide bonds. The minimum atomic E-state index is -0.416. The predicted molar refractivity (Wildman–Crippen MR) is 86.5 cm³/mol. The van der Waals surface area contributed by atoms with Crippen molar-refractivity contribution in [3.63, 3.8) is 0 Å². The van der Waals surface area contributed by atoms with E-state index in [1.807, 2.05) is 0 Å². The van der Waals surface area contributed by atoms with Crippen molar-refractivity contribution in [1.29, 1.82) is 0 Å². The largest absolute Gasteiger partial charge is 0.512 e. The van der Waals surface area contributed by atoms with Crippen LogP contribution in [0.4, 0.5) is 0 Å². The molecule has 22 heavy (non-hydrogen) atoms. The third-order valence-electron chi connectivity index (χ3n) is 6.10. The highest BCUT2D eigenvalue weighted by molar-refractivity contribution is 5.83. The van der Waals surface area contributed by atoms with Crippen LogP contribution in [0.1, 0.15) is 83.5 Å². The number of carbonyl (C=O) groups excluding carboxylic acids is 1. The van der Waals surface area contributed by atoms with Gasteiger partial charge < -0.3 is 9.84 Å². The minimum absolute atomic E-state index is 0.223. The van der Waals surface area contributed by atoms with Gasteiger partial charge in [-0.05, 0) is 37.5 Å². The highest BCUT2D eigenvalue weighted by Crippen LogP contribution is 2.45. The first-order valence-electron chi connectivity index (χ1n) is 9.30. The Bertz CT molecular complexity index is 416. The molecule has 1 heterocycles. The molecular formula is C19H30O3. The van der Waals surface area contributed by atoms with Crippen molar-refractivity contribution >= 4 is 5.97 Å². The van der Waals surface area contributed by atoms with Crippen LogP contribution >= 0.6 is 0 Å². The van der Waals surface area contributed by atoms with Gasteiger partial charge in [-0.1, -0.05) is 51.4 Å². The Morgan fingerprint density at radius 2 is 1.77 bits per heavy atom. The van der Waals surface area contributed by atoms with Crippen LogP contribution in [0, 0.1) is 11.8 Å². The van der Waals surface area contributed by atoms with Crippen molar-refractivity contribution in [2.75, 3.05) is 0 Å². The van der Waals surface area contributed by atoms with Crippen molar-refractivity contribution in [3.8, 4) is 0 Å². The van der Waals surface area contributed by atoms with Crippen LogP contribution in [0.5, 0.6) is 0 Å². The number of hydrogen-bond donors (Lipinski definition) is 1. The molecule has 0 bridgehead atoms. The maximum absolute atomic E-state index is 11.9. The van der Waals surface area contributed by atoms with Crippen LogP contribution in [0.15, 0.2) is 11.8 Å². The van der Waals surface area contributed by atoms with Gasteiger partial charge in [-0.25, -0.2) is 4.79 Å². The van der Waals surface area contributed by atoms with Crippen LogP contribution in [0.2, 0.25) is 0 Å². The molecule has 0 spiro atoms. The number of cyclic esters (lactones) is 1. The fraction of sp³-hybridized carbons (Fsp3) is 0.842. The summed E-state index contributed by atoms with van der Waals surface area (Å²) in [6, 6.07) is 0. The van der Waals surface area contributed by atoms with Gasteiger partial charge in [-0.3, -0.25) is 0 Å². The maximum atomic E-state index is 11.9. The number of aliphatic hydroxyl groups excluding tert-OH is 1. The molecule has 1 atom stereocenters. The molecule has 3 nitrogen and oxygen atoms in total. The summed E-state index contributed by atoms with van der Waals surface area (Å²) in [7, 11) is 0. The zero-order valence-electron chi connectivity index (χ0n) is 13.7. The Hall–Kier alpha value is -0.990. The quantitative estimate of drug-likeness (QED) is 0.723. The normalized spacial score (nSPS) is 31.1. The molecule has 1 unspecified atom stereocenters. The van der Waals surface area contributed by atoms with Gasteiger partial charge in [0.05, 0.1) is 6.08 Å². The number of aliphatic hydroxyl groups is 1. The van der Waals surface area contributed by atoms with E-state index in [2.05, 4.69) is 0 Å². The van der Waals surface area contributed by atoms with E-state index in [0.717, 1.165) is 31.6 Å².